The Bertz CT molecular complexity index is 231. The van der Waals surface area contributed by atoms with E-state index in [9.17, 15) is 9.90 Å². The third-order valence-corrected chi connectivity index (χ3v) is 3.22. The number of hydrogen-bond donors (Lipinski definition) is 1. The third-order valence-electron chi connectivity index (χ3n) is 3.22. The molecule has 4 nitrogen and oxygen atoms in total. The molecule has 0 spiro atoms. The summed E-state index contributed by atoms with van der Waals surface area (Å²) in [5, 5.41) is 9.26. The first kappa shape index (κ1) is 13.5. The third kappa shape index (κ3) is 3.46. The van der Waals surface area contributed by atoms with E-state index in [-0.39, 0.29) is 18.6 Å². The van der Waals surface area contributed by atoms with Crippen molar-refractivity contribution in [1.29, 1.82) is 0 Å². The molecule has 1 rings (SSSR count). The molecule has 0 aliphatic carbocycles. The topological polar surface area (TPSA) is 43.8 Å². The van der Waals surface area contributed by atoms with E-state index in [1.165, 1.54) is 0 Å². The van der Waals surface area contributed by atoms with Crippen LogP contribution in [0.25, 0.3) is 0 Å². The van der Waals surface area contributed by atoms with Crippen molar-refractivity contribution in [1.82, 2.24) is 9.80 Å². The SMILES string of the molecule is CC(C)CCN1CCCN(C)C(CO)C1=O. The molecule has 1 N–H and O–H groups in total. The Hall–Kier alpha value is -0.610. The minimum Gasteiger partial charge on any atom is -0.394 e. The Balaban J connectivity index is 2.59. The summed E-state index contributed by atoms with van der Waals surface area (Å²) in [6, 6.07) is -0.338. The zero-order valence-corrected chi connectivity index (χ0v) is 10.6. The normalized spacial score (nSPS) is 23.9. The summed E-state index contributed by atoms with van der Waals surface area (Å²) in [6.45, 7) is 6.78. The van der Waals surface area contributed by atoms with Crippen LogP contribution in [0.1, 0.15) is 26.7 Å². The Morgan fingerprint density at radius 1 is 1.44 bits per heavy atom. The average Bonchev–Trinajstić information content (AvgIpc) is 2.35. The van der Waals surface area contributed by atoms with E-state index in [1.54, 1.807) is 0 Å². The number of hydrogen-bond acceptors (Lipinski definition) is 3. The molecule has 4 heteroatoms. The number of carbonyl (C=O) groups excluding carboxylic acids is 1. The molecule has 1 saturated heterocycles. The first-order valence-electron chi connectivity index (χ1n) is 6.16. The number of nitrogens with zero attached hydrogens (tertiary/aromatic N) is 2. The first-order valence-corrected chi connectivity index (χ1v) is 6.16. The predicted molar refractivity (Wildman–Crippen MR) is 64.2 cm³/mol. The zero-order valence-electron chi connectivity index (χ0n) is 10.6. The van der Waals surface area contributed by atoms with Crippen LogP contribution in [0.5, 0.6) is 0 Å². The van der Waals surface area contributed by atoms with Gasteiger partial charge in [0, 0.05) is 19.6 Å². The average molecular weight is 228 g/mol. The molecule has 0 saturated carbocycles. The summed E-state index contributed by atoms with van der Waals surface area (Å²) in [4.78, 5) is 16.0. The molecule has 1 heterocycles. The quantitative estimate of drug-likeness (QED) is 0.764. The summed E-state index contributed by atoms with van der Waals surface area (Å²) in [5.74, 6) is 0.699. The van der Waals surface area contributed by atoms with Crippen molar-refractivity contribution >= 4 is 5.91 Å². The van der Waals surface area contributed by atoms with E-state index >= 15 is 0 Å². The van der Waals surface area contributed by atoms with Crippen LogP contribution >= 0.6 is 0 Å². The van der Waals surface area contributed by atoms with Gasteiger partial charge in [0.15, 0.2) is 0 Å². The molecular formula is C12H24N2O2. The van der Waals surface area contributed by atoms with Gasteiger partial charge in [0.25, 0.3) is 0 Å². The van der Waals surface area contributed by atoms with Crippen LogP contribution < -0.4 is 0 Å². The molecule has 0 aromatic rings. The highest BCUT2D eigenvalue weighted by Crippen LogP contribution is 2.11. The summed E-state index contributed by atoms with van der Waals surface area (Å²) >= 11 is 0. The van der Waals surface area contributed by atoms with Crippen molar-refractivity contribution in [3.63, 3.8) is 0 Å². The first-order chi connectivity index (χ1) is 7.56. The minimum atomic E-state index is -0.338. The fraction of sp³-hybridized carbons (Fsp3) is 0.917. The molecule has 0 aromatic carbocycles. The lowest BCUT2D eigenvalue weighted by molar-refractivity contribution is -0.136. The zero-order chi connectivity index (χ0) is 12.1. The van der Waals surface area contributed by atoms with Crippen molar-refractivity contribution < 1.29 is 9.90 Å². The van der Waals surface area contributed by atoms with Crippen molar-refractivity contribution in [3.05, 3.63) is 0 Å². The van der Waals surface area contributed by atoms with Gasteiger partial charge >= 0.3 is 0 Å². The predicted octanol–water partition coefficient (Wildman–Crippen LogP) is 0.558. The molecule has 1 aliphatic heterocycles. The Morgan fingerprint density at radius 3 is 2.69 bits per heavy atom. The summed E-state index contributed by atoms with van der Waals surface area (Å²) < 4.78 is 0. The molecule has 1 amide bonds. The molecule has 16 heavy (non-hydrogen) atoms. The molecule has 1 atom stereocenters. The Kier molecular flexibility index (Phi) is 5.22. The molecule has 0 radical (unpaired) electrons. The maximum Gasteiger partial charge on any atom is 0.242 e. The van der Waals surface area contributed by atoms with E-state index in [4.69, 9.17) is 0 Å². The van der Waals surface area contributed by atoms with Crippen LogP contribution in [0.3, 0.4) is 0 Å². The lowest BCUT2D eigenvalue weighted by Gasteiger charge is -2.27. The lowest BCUT2D eigenvalue weighted by atomic mass is 10.1. The van der Waals surface area contributed by atoms with Crippen LogP contribution in [0, 0.1) is 5.92 Å². The summed E-state index contributed by atoms with van der Waals surface area (Å²) in [7, 11) is 1.91. The number of aliphatic hydroxyl groups is 1. The van der Waals surface area contributed by atoms with E-state index in [1.807, 2.05) is 16.8 Å². The van der Waals surface area contributed by atoms with Crippen molar-refractivity contribution in [2.45, 2.75) is 32.7 Å². The number of rotatable bonds is 4. The highest BCUT2D eigenvalue weighted by Gasteiger charge is 2.29. The molecule has 94 valence electrons. The smallest absolute Gasteiger partial charge is 0.242 e. The fourth-order valence-electron chi connectivity index (χ4n) is 2.03. The lowest BCUT2D eigenvalue weighted by Crippen LogP contribution is -2.46. The number of amides is 1. The van der Waals surface area contributed by atoms with Crippen LogP contribution in [0.2, 0.25) is 0 Å². The van der Waals surface area contributed by atoms with Gasteiger partial charge in [-0.05, 0) is 25.8 Å². The largest absolute Gasteiger partial charge is 0.394 e. The maximum atomic E-state index is 12.1. The van der Waals surface area contributed by atoms with Gasteiger partial charge in [0.05, 0.1) is 6.61 Å². The minimum absolute atomic E-state index is 0.0759. The standard InChI is InChI=1S/C12H24N2O2/c1-10(2)5-8-14-7-4-6-13(3)11(9-15)12(14)16/h10-11,15H,4-9H2,1-3H3. The second kappa shape index (κ2) is 6.21. The summed E-state index contributed by atoms with van der Waals surface area (Å²) in [5.41, 5.74) is 0. The second-order valence-corrected chi connectivity index (χ2v) is 5.04. The monoisotopic (exact) mass is 228 g/mol. The van der Waals surface area contributed by atoms with Crippen LogP contribution in [-0.2, 0) is 4.79 Å². The fourth-order valence-corrected chi connectivity index (χ4v) is 2.03. The molecule has 1 fully saturated rings. The van der Waals surface area contributed by atoms with E-state index in [2.05, 4.69) is 13.8 Å². The van der Waals surface area contributed by atoms with Crippen molar-refractivity contribution in [2.24, 2.45) is 5.92 Å². The number of likely N-dealkylation sites (N-methyl/N-ethyl adjacent to an activating group) is 1. The van der Waals surface area contributed by atoms with Gasteiger partial charge in [-0.1, -0.05) is 13.8 Å². The second-order valence-electron chi connectivity index (χ2n) is 5.04. The van der Waals surface area contributed by atoms with Gasteiger partial charge in [-0.15, -0.1) is 0 Å². The van der Waals surface area contributed by atoms with Gasteiger partial charge in [0.2, 0.25) is 5.91 Å². The van der Waals surface area contributed by atoms with Gasteiger partial charge in [-0.2, -0.15) is 0 Å². The molecule has 1 unspecified atom stereocenters. The molecule has 0 bridgehead atoms. The Labute approximate surface area is 98.2 Å². The highest BCUT2D eigenvalue weighted by molar-refractivity contribution is 5.82. The van der Waals surface area contributed by atoms with Crippen molar-refractivity contribution in [2.75, 3.05) is 33.3 Å². The summed E-state index contributed by atoms with van der Waals surface area (Å²) in [6.07, 6.45) is 2.03. The number of carbonyl (C=O) groups is 1. The van der Waals surface area contributed by atoms with E-state index in [0.717, 1.165) is 32.5 Å². The maximum absolute atomic E-state index is 12.1. The van der Waals surface area contributed by atoms with Crippen LogP contribution in [-0.4, -0.2) is 60.1 Å². The molecule has 0 aromatic heterocycles. The molecular weight excluding hydrogens is 204 g/mol. The van der Waals surface area contributed by atoms with E-state index < -0.39 is 0 Å². The van der Waals surface area contributed by atoms with Gasteiger partial charge in [-0.25, -0.2) is 0 Å². The molecule has 1 aliphatic rings. The Morgan fingerprint density at radius 2 is 2.12 bits per heavy atom. The highest BCUT2D eigenvalue weighted by atomic mass is 16.3. The van der Waals surface area contributed by atoms with Crippen LogP contribution in [0.4, 0.5) is 0 Å². The van der Waals surface area contributed by atoms with Gasteiger partial charge in [-0.3, -0.25) is 9.69 Å². The van der Waals surface area contributed by atoms with E-state index in [0.29, 0.717) is 5.92 Å². The van der Waals surface area contributed by atoms with Gasteiger partial charge in [0.1, 0.15) is 6.04 Å². The van der Waals surface area contributed by atoms with Gasteiger partial charge < -0.3 is 10.0 Å². The van der Waals surface area contributed by atoms with Crippen molar-refractivity contribution in [3.8, 4) is 0 Å². The number of aliphatic hydroxyl groups excluding tert-OH is 1. The van der Waals surface area contributed by atoms with Crippen LogP contribution in [0.15, 0.2) is 0 Å².